The third kappa shape index (κ3) is 14.9. The molecule has 9 nitrogen and oxygen atoms in total. The van der Waals surface area contributed by atoms with Gasteiger partial charge in [-0.05, 0) is 6.42 Å². The second kappa shape index (κ2) is 17.7. The summed E-state index contributed by atoms with van der Waals surface area (Å²) in [4.78, 5) is 4.63. The van der Waals surface area contributed by atoms with Gasteiger partial charge in [-0.1, -0.05) is 52.4 Å². The number of aromatic nitrogens is 3. The van der Waals surface area contributed by atoms with Gasteiger partial charge in [-0.2, -0.15) is 0 Å². The van der Waals surface area contributed by atoms with Crippen LogP contribution in [0.25, 0.3) is 0 Å². The number of unbranched alkanes of at least 4 members (excludes halogenated alkanes) is 6. The molecule has 1 heterocycles. The lowest BCUT2D eigenvalue weighted by molar-refractivity contribution is 0.585. The van der Waals surface area contributed by atoms with Gasteiger partial charge < -0.3 is 15.2 Å². The van der Waals surface area contributed by atoms with E-state index in [0.717, 1.165) is 38.0 Å². The van der Waals surface area contributed by atoms with Gasteiger partial charge in [0.25, 0.3) is 0 Å². The standard InChI is InChI=1S/C19H39N7O2S.HI/c1-4-6-7-8-9-10-11-12-20-19(21-13-14-24-29(3,27)28)22-15-16-26-17-23-25-18(26)5-2;/h17,24H,4-16H2,1-3H3,(H2,20,21,22);1H. The Morgan fingerprint density at radius 1 is 1.03 bits per heavy atom. The molecule has 1 aromatic rings. The predicted octanol–water partition coefficient (Wildman–Crippen LogP) is 2.29. The van der Waals surface area contributed by atoms with Crippen LogP contribution >= 0.6 is 24.0 Å². The molecule has 1 rings (SSSR count). The van der Waals surface area contributed by atoms with E-state index in [0.29, 0.717) is 25.6 Å². The van der Waals surface area contributed by atoms with Crippen molar-refractivity contribution < 1.29 is 8.42 Å². The highest BCUT2D eigenvalue weighted by Gasteiger charge is 2.04. The average Bonchev–Trinajstić information content (AvgIpc) is 3.13. The second-order valence-electron chi connectivity index (χ2n) is 7.17. The Morgan fingerprint density at radius 2 is 1.70 bits per heavy atom. The molecule has 0 amide bonds. The van der Waals surface area contributed by atoms with Crippen molar-refractivity contribution in [2.75, 3.05) is 32.4 Å². The lowest BCUT2D eigenvalue weighted by Gasteiger charge is -2.13. The first-order valence-corrected chi connectivity index (χ1v) is 12.7. The largest absolute Gasteiger partial charge is 0.355 e. The summed E-state index contributed by atoms with van der Waals surface area (Å²) in [6.45, 7) is 7.28. The molecule has 0 bridgehead atoms. The van der Waals surface area contributed by atoms with Crippen LogP contribution in [0, 0.1) is 0 Å². The highest BCUT2D eigenvalue weighted by molar-refractivity contribution is 14.0. The van der Waals surface area contributed by atoms with Crippen LogP contribution < -0.4 is 15.4 Å². The van der Waals surface area contributed by atoms with Crippen LogP contribution in [0.1, 0.15) is 64.6 Å². The number of rotatable bonds is 16. The van der Waals surface area contributed by atoms with E-state index in [1.54, 1.807) is 6.33 Å². The Hall–Kier alpha value is -0.950. The summed E-state index contributed by atoms with van der Waals surface area (Å²) in [6, 6.07) is 0. The summed E-state index contributed by atoms with van der Waals surface area (Å²) in [5.41, 5.74) is 0. The van der Waals surface area contributed by atoms with Crippen LogP contribution in [0.2, 0.25) is 0 Å². The van der Waals surface area contributed by atoms with Crippen LogP contribution in [-0.4, -0.2) is 61.6 Å². The molecule has 0 saturated heterocycles. The number of halogens is 1. The molecule has 0 atom stereocenters. The zero-order valence-corrected chi connectivity index (χ0v) is 21.8. The minimum absolute atomic E-state index is 0. The van der Waals surface area contributed by atoms with Gasteiger partial charge in [-0.3, -0.25) is 4.99 Å². The van der Waals surface area contributed by atoms with Gasteiger partial charge in [0.15, 0.2) is 5.96 Å². The third-order valence-electron chi connectivity index (χ3n) is 4.47. The van der Waals surface area contributed by atoms with E-state index < -0.39 is 10.0 Å². The number of nitrogens with zero attached hydrogens (tertiary/aromatic N) is 4. The molecular weight excluding hydrogens is 517 g/mol. The predicted molar refractivity (Wildman–Crippen MR) is 134 cm³/mol. The molecule has 11 heteroatoms. The highest BCUT2D eigenvalue weighted by Crippen LogP contribution is 2.06. The number of aliphatic imine (C=N–C) groups is 1. The fraction of sp³-hybridized carbons (Fsp3) is 0.842. The third-order valence-corrected chi connectivity index (χ3v) is 5.20. The number of aryl methyl sites for hydroxylation is 1. The van der Waals surface area contributed by atoms with Gasteiger partial charge >= 0.3 is 0 Å². The summed E-state index contributed by atoms with van der Waals surface area (Å²) in [5, 5.41) is 14.5. The van der Waals surface area contributed by atoms with Crippen LogP contribution in [0.3, 0.4) is 0 Å². The Kier molecular flexibility index (Phi) is 17.1. The molecule has 1 aromatic heterocycles. The van der Waals surface area contributed by atoms with Crippen molar-refractivity contribution >= 4 is 40.0 Å². The van der Waals surface area contributed by atoms with E-state index in [4.69, 9.17) is 0 Å². The SMILES string of the molecule is CCCCCCCCCN=C(NCCNS(C)(=O)=O)NCCn1cnnc1CC.I. The molecule has 0 saturated carbocycles. The maximum Gasteiger partial charge on any atom is 0.208 e. The van der Waals surface area contributed by atoms with Gasteiger partial charge in [0.05, 0.1) is 6.26 Å². The van der Waals surface area contributed by atoms with E-state index in [2.05, 4.69) is 44.4 Å². The topological polar surface area (TPSA) is 113 Å². The zero-order chi connectivity index (χ0) is 21.4. The van der Waals surface area contributed by atoms with Gasteiger partial charge in [0.2, 0.25) is 10.0 Å². The first-order valence-electron chi connectivity index (χ1n) is 10.8. The minimum Gasteiger partial charge on any atom is -0.355 e. The molecule has 0 aliphatic rings. The summed E-state index contributed by atoms with van der Waals surface area (Å²) < 4.78 is 26.9. The minimum atomic E-state index is -3.18. The Balaban J connectivity index is 0.00000841. The lowest BCUT2D eigenvalue weighted by atomic mass is 10.1. The molecule has 0 fully saturated rings. The average molecular weight is 558 g/mol. The van der Waals surface area contributed by atoms with Crippen LogP contribution in [0.15, 0.2) is 11.3 Å². The fourth-order valence-corrected chi connectivity index (χ4v) is 3.36. The summed E-state index contributed by atoms with van der Waals surface area (Å²) in [7, 11) is -3.18. The Morgan fingerprint density at radius 3 is 2.37 bits per heavy atom. The first-order chi connectivity index (χ1) is 14.0. The molecule has 30 heavy (non-hydrogen) atoms. The second-order valence-corrected chi connectivity index (χ2v) is 9.00. The number of sulfonamides is 1. The van der Waals surface area contributed by atoms with Crippen molar-refractivity contribution in [3.63, 3.8) is 0 Å². The molecule has 0 aromatic carbocycles. The molecule has 0 unspecified atom stereocenters. The Labute approximate surface area is 199 Å². The van der Waals surface area contributed by atoms with Crippen LogP contribution in [-0.2, 0) is 23.0 Å². The molecule has 0 spiro atoms. The van der Waals surface area contributed by atoms with Crippen LogP contribution in [0.4, 0.5) is 0 Å². The fourth-order valence-electron chi connectivity index (χ4n) is 2.89. The maximum absolute atomic E-state index is 11.2. The lowest BCUT2D eigenvalue weighted by Crippen LogP contribution is -2.42. The first kappa shape index (κ1) is 29.1. The number of nitrogens with one attached hydrogen (secondary N) is 3. The highest BCUT2D eigenvalue weighted by atomic mass is 127. The van der Waals surface area contributed by atoms with Gasteiger partial charge in [-0.15, -0.1) is 34.2 Å². The molecular formula is C19H40IN7O2S. The molecule has 0 radical (unpaired) electrons. The van der Waals surface area contributed by atoms with E-state index in [9.17, 15) is 8.42 Å². The molecule has 3 N–H and O–H groups in total. The van der Waals surface area contributed by atoms with E-state index >= 15 is 0 Å². The van der Waals surface area contributed by atoms with Gasteiger partial charge in [0, 0.05) is 39.1 Å². The molecule has 0 aliphatic heterocycles. The van der Waals surface area contributed by atoms with E-state index in [-0.39, 0.29) is 24.0 Å². The van der Waals surface area contributed by atoms with E-state index in [1.807, 2.05) is 4.57 Å². The van der Waals surface area contributed by atoms with Crippen molar-refractivity contribution in [2.24, 2.45) is 4.99 Å². The number of hydrogen-bond donors (Lipinski definition) is 3. The van der Waals surface area contributed by atoms with Crippen molar-refractivity contribution in [1.29, 1.82) is 0 Å². The van der Waals surface area contributed by atoms with Crippen molar-refractivity contribution in [2.45, 2.75) is 71.8 Å². The quantitative estimate of drug-likeness (QED) is 0.124. The molecule has 176 valence electrons. The van der Waals surface area contributed by atoms with Gasteiger partial charge in [0.1, 0.15) is 12.2 Å². The van der Waals surface area contributed by atoms with Crippen molar-refractivity contribution in [1.82, 2.24) is 30.1 Å². The smallest absolute Gasteiger partial charge is 0.208 e. The van der Waals surface area contributed by atoms with Crippen LogP contribution in [0.5, 0.6) is 0 Å². The molecule has 0 aliphatic carbocycles. The summed E-state index contributed by atoms with van der Waals surface area (Å²) in [6.07, 6.45) is 12.5. The maximum atomic E-state index is 11.2. The summed E-state index contributed by atoms with van der Waals surface area (Å²) in [5.74, 6) is 1.66. The van der Waals surface area contributed by atoms with Gasteiger partial charge in [-0.25, -0.2) is 13.1 Å². The monoisotopic (exact) mass is 557 g/mol. The zero-order valence-electron chi connectivity index (χ0n) is 18.7. The normalized spacial score (nSPS) is 11.9. The number of hydrogen-bond acceptors (Lipinski definition) is 5. The van der Waals surface area contributed by atoms with Crippen molar-refractivity contribution in [3.8, 4) is 0 Å². The number of guanidine groups is 1. The van der Waals surface area contributed by atoms with Crippen molar-refractivity contribution in [3.05, 3.63) is 12.2 Å². The van der Waals surface area contributed by atoms with E-state index in [1.165, 1.54) is 38.5 Å². The Bertz CT molecular complexity index is 680. The summed E-state index contributed by atoms with van der Waals surface area (Å²) >= 11 is 0.